The fourth-order valence-electron chi connectivity index (χ4n) is 6.25. The Morgan fingerprint density at radius 3 is 2.74 bits per heavy atom. The summed E-state index contributed by atoms with van der Waals surface area (Å²) in [6.07, 6.45) is -2.60. The van der Waals surface area contributed by atoms with Gasteiger partial charge >= 0.3 is 0 Å². The molecule has 3 N–H and O–H groups in total. The van der Waals surface area contributed by atoms with Gasteiger partial charge in [-0.05, 0) is 43.2 Å². The molecule has 8 nitrogen and oxygen atoms in total. The van der Waals surface area contributed by atoms with Gasteiger partial charge in [-0.1, -0.05) is 17.7 Å². The number of benzene rings is 1. The monoisotopic (exact) mass is 567 g/mol. The van der Waals surface area contributed by atoms with Gasteiger partial charge in [-0.2, -0.15) is 5.26 Å². The summed E-state index contributed by atoms with van der Waals surface area (Å²) < 4.78 is 55.7. The molecular weight excluding hydrogens is 542 g/mol. The SMILES string of the molecule is N#C[C@@H](C[C@H]1CCCNC1=O)NC(=O)[C@H]1[C@@H]2CC(F)(F)C[C@@H]2CN1C(=O)c1cc2c(C(F)F)ccc(Cl)c2[nH]1. The number of alkyl halides is 4. The predicted molar refractivity (Wildman–Crippen MR) is 132 cm³/mol. The van der Waals surface area contributed by atoms with Crippen molar-refractivity contribution >= 4 is 40.2 Å². The van der Waals surface area contributed by atoms with E-state index in [1.165, 1.54) is 17.0 Å². The van der Waals surface area contributed by atoms with Gasteiger partial charge in [0, 0.05) is 42.8 Å². The minimum Gasteiger partial charge on any atom is -0.356 e. The summed E-state index contributed by atoms with van der Waals surface area (Å²) in [6.45, 7) is 0.400. The molecule has 1 aromatic heterocycles. The molecule has 1 aliphatic carbocycles. The topological polar surface area (TPSA) is 118 Å². The summed E-state index contributed by atoms with van der Waals surface area (Å²) >= 11 is 6.16. The number of hydrogen-bond acceptors (Lipinski definition) is 4. The second kappa shape index (κ2) is 10.3. The van der Waals surface area contributed by atoms with Crippen LogP contribution in [0.5, 0.6) is 0 Å². The van der Waals surface area contributed by atoms with Gasteiger partial charge in [0.1, 0.15) is 17.8 Å². The van der Waals surface area contributed by atoms with Crippen LogP contribution in [0.2, 0.25) is 5.02 Å². The molecule has 13 heteroatoms. The van der Waals surface area contributed by atoms with Crippen LogP contribution in [0.15, 0.2) is 18.2 Å². The highest BCUT2D eigenvalue weighted by Gasteiger charge is 2.58. The van der Waals surface area contributed by atoms with Crippen molar-refractivity contribution in [1.29, 1.82) is 5.26 Å². The molecule has 0 bridgehead atoms. The van der Waals surface area contributed by atoms with Gasteiger partial charge in [0.2, 0.25) is 17.7 Å². The number of nitrogens with one attached hydrogen (secondary N) is 3. The Bertz CT molecular complexity index is 1360. The molecule has 2 aliphatic heterocycles. The van der Waals surface area contributed by atoms with Crippen molar-refractivity contribution in [2.24, 2.45) is 17.8 Å². The lowest BCUT2D eigenvalue weighted by Gasteiger charge is -2.29. The van der Waals surface area contributed by atoms with E-state index in [9.17, 15) is 37.2 Å². The highest BCUT2D eigenvalue weighted by atomic mass is 35.5. The number of piperidine rings is 1. The van der Waals surface area contributed by atoms with Crippen molar-refractivity contribution in [3.8, 4) is 6.07 Å². The molecule has 5 atom stereocenters. The number of amides is 3. The molecule has 3 fully saturated rings. The highest BCUT2D eigenvalue weighted by Crippen LogP contribution is 2.50. The van der Waals surface area contributed by atoms with Crippen LogP contribution in [-0.2, 0) is 9.59 Å². The normalized spacial score (nSPS) is 26.8. The second-order valence-corrected chi connectivity index (χ2v) is 11.0. The standard InChI is InChI=1S/C26H26ClF4N5O3/c27-18-4-3-15(22(28)29)16-7-19(35-20(16)18)25(39)36-11-13-8-26(30,31)9-17(13)21(36)24(38)34-14(10-32)6-12-2-1-5-33-23(12)37/h3-4,7,12-14,17,21-22,35H,1-2,5-6,8-9,11H2,(H,33,37)(H,34,38)/t12-,13-,14-,17-,21-/m1/s1. The van der Waals surface area contributed by atoms with Crippen LogP contribution in [0.1, 0.15) is 54.6 Å². The number of nitriles is 1. The minimum absolute atomic E-state index is 0.0445. The highest BCUT2D eigenvalue weighted by molar-refractivity contribution is 6.35. The maximum atomic E-state index is 14.3. The zero-order chi connectivity index (χ0) is 28.1. The predicted octanol–water partition coefficient (Wildman–Crippen LogP) is 4.17. The number of aromatic nitrogens is 1. The van der Waals surface area contributed by atoms with E-state index in [1.807, 2.05) is 6.07 Å². The third-order valence-corrected chi connectivity index (χ3v) is 8.35. The van der Waals surface area contributed by atoms with Crippen molar-refractivity contribution in [3.05, 3.63) is 34.5 Å². The fourth-order valence-corrected chi connectivity index (χ4v) is 6.47. The number of hydrogen-bond donors (Lipinski definition) is 3. The quantitative estimate of drug-likeness (QED) is 0.454. The summed E-state index contributed by atoms with van der Waals surface area (Å²) in [5, 5.41) is 15.1. The number of fused-ring (bicyclic) bond motifs is 2. The molecule has 1 saturated carbocycles. The largest absolute Gasteiger partial charge is 0.356 e. The van der Waals surface area contributed by atoms with E-state index in [0.29, 0.717) is 13.0 Å². The van der Waals surface area contributed by atoms with Crippen molar-refractivity contribution in [2.75, 3.05) is 13.1 Å². The number of aromatic amines is 1. The Labute approximate surface area is 226 Å². The lowest BCUT2D eigenvalue weighted by atomic mass is 9.90. The average Bonchev–Trinajstić information content (AvgIpc) is 3.54. The van der Waals surface area contributed by atoms with Crippen molar-refractivity contribution in [1.82, 2.24) is 20.5 Å². The van der Waals surface area contributed by atoms with Crippen LogP contribution < -0.4 is 10.6 Å². The zero-order valence-electron chi connectivity index (χ0n) is 20.7. The molecular formula is C26H26ClF4N5O3. The first-order valence-corrected chi connectivity index (χ1v) is 13.1. The molecule has 208 valence electrons. The molecule has 3 heterocycles. The molecule has 39 heavy (non-hydrogen) atoms. The van der Waals surface area contributed by atoms with E-state index in [1.54, 1.807) is 0 Å². The zero-order valence-corrected chi connectivity index (χ0v) is 21.4. The molecule has 0 spiro atoms. The van der Waals surface area contributed by atoms with Crippen LogP contribution in [-0.4, -0.2) is 58.7 Å². The maximum Gasteiger partial charge on any atom is 0.271 e. The average molecular weight is 568 g/mol. The lowest BCUT2D eigenvalue weighted by Crippen LogP contribution is -2.52. The van der Waals surface area contributed by atoms with E-state index in [4.69, 9.17) is 11.6 Å². The van der Waals surface area contributed by atoms with E-state index >= 15 is 0 Å². The van der Waals surface area contributed by atoms with Crippen molar-refractivity contribution in [2.45, 2.75) is 56.5 Å². The Morgan fingerprint density at radius 2 is 2.05 bits per heavy atom. The van der Waals surface area contributed by atoms with Crippen LogP contribution in [0, 0.1) is 29.1 Å². The first-order valence-electron chi connectivity index (χ1n) is 12.7. The smallest absolute Gasteiger partial charge is 0.271 e. The Kier molecular flexibility index (Phi) is 7.22. The number of carbonyl (C=O) groups excluding carboxylic acids is 3. The third-order valence-electron chi connectivity index (χ3n) is 8.04. The molecule has 2 saturated heterocycles. The molecule has 3 amide bonds. The minimum atomic E-state index is -3.00. The van der Waals surface area contributed by atoms with Gasteiger partial charge in [0.15, 0.2) is 0 Å². The van der Waals surface area contributed by atoms with Gasteiger partial charge < -0.3 is 20.5 Å². The first kappa shape index (κ1) is 27.2. The van der Waals surface area contributed by atoms with Crippen LogP contribution in [0.3, 0.4) is 0 Å². The first-order chi connectivity index (χ1) is 18.5. The number of carbonyl (C=O) groups is 3. The third kappa shape index (κ3) is 5.16. The summed E-state index contributed by atoms with van der Waals surface area (Å²) in [6, 6.07) is 3.26. The Morgan fingerprint density at radius 1 is 1.28 bits per heavy atom. The molecule has 1 aromatic carbocycles. The van der Waals surface area contributed by atoms with Crippen LogP contribution in [0.4, 0.5) is 17.6 Å². The van der Waals surface area contributed by atoms with Gasteiger partial charge in [-0.25, -0.2) is 17.6 Å². The maximum absolute atomic E-state index is 14.3. The summed E-state index contributed by atoms with van der Waals surface area (Å²) in [7, 11) is 0. The van der Waals surface area contributed by atoms with Gasteiger partial charge in [-0.15, -0.1) is 0 Å². The molecule has 5 rings (SSSR count). The molecule has 3 aliphatic rings. The number of nitrogens with zero attached hydrogens (tertiary/aromatic N) is 2. The number of halogens is 5. The summed E-state index contributed by atoms with van der Waals surface area (Å²) in [5.41, 5.74) is -0.319. The molecule has 0 radical (unpaired) electrons. The molecule has 0 unspecified atom stereocenters. The van der Waals surface area contributed by atoms with Gasteiger partial charge in [-0.3, -0.25) is 14.4 Å². The number of H-pyrrole nitrogens is 1. The number of likely N-dealkylation sites (tertiary alicyclic amines) is 1. The van der Waals surface area contributed by atoms with Crippen LogP contribution in [0.25, 0.3) is 10.9 Å². The van der Waals surface area contributed by atoms with E-state index in [0.717, 1.165) is 12.5 Å². The van der Waals surface area contributed by atoms with Gasteiger partial charge in [0.05, 0.1) is 16.6 Å². The Hall–Kier alpha value is -3.33. The van der Waals surface area contributed by atoms with Crippen molar-refractivity contribution < 1.29 is 31.9 Å². The lowest BCUT2D eigenvalue weighted by molar-refractivity contribution is -0.129. The summed E-state index contributed by atoms with van der Waals surface area (Å²) in [4.78, 5) is 43.2. The van der Waals surface area contributed by atoms with Crippen LogP contribution >= 0.6 is 11.6 Å². The molecule has 2 aromatic rings. The van der Waals surface area contributed by atoms with Gasteiger partial charge in [0.25, 0.3) is 12.3 Å². The fraction of sp³-hybridized carbons (Fsp3) is 0.538. The Balaban J connectivity index is 1.42. The van der Waals surface area contributed by atoms with Crippen molar-refractivity contribution in [3.63, 3.8) is 0 Å². The summed E-state index contributed by atoms with van der Waals surface area (Å²) in [5.74, 6) is -6.70. The number of rotatable bonds is 6. The second-order valence-electron chi connectivity index (χ2n) is 10.6. The van der Waals surface area contributed by atoms with E-state index in [2.05, 4.69) is 15.6 Å². The van der Waals surface area contributed by atoms with E-state index < -0.39 is 66.8 Å². The van der Waals surface area contributed by atoms with E-state index in [-0.39, 0.29) is 46.1 Å².